The molecule has 2 heterocycles. The first-order chi connectivity index (χ1) is 13.5. The second-order valence-electron chi connectivity index (χ2n) is 7.73. The summed E-state index contributed by atoms with van der Waals surface area (Å²) in [7, 11) is 0. The minimum atomic E-state index is -0.228. The van der Waals surface area contributed by atoms with E-state index in [1.165, 1.54) is 37.8 Å². The monoisotopic (exact) mass is 386 g/mol. The zero-order chi connectivity index (χ0) is 19.9. The fraction of sp³-hybridized carbons (Fsp3) is 0.545. The summed E-state index contributed by atoms with van der Waals surface area (Å²) in [6.45, 7) is 6.53. The van der Waals surface area contributed by atoms with E-state index in [2.05, 4.69) is 20.4 Å². The van der Waals surface area contributed by atoms with Crippen LogP contribution in [0.15, 0.2) is 24.3 Å². The normalized spacial score (nSPS) is 16.5. The first-order valence-electron chi connectivity index (χ1n) is 10.3. The highest BCUT2D eigenvalue weighted by Gasteiger charge is 2.22. The molecule has 2 aromatic rings. The Morgan fingerprint density at radius 3 is 2.46 bits per heavy atom. The number of halogens is 1. The summed E-state index contributed by atoms with van der Waals surface area (Å²) in [5.74, 6) is -0.185. The number of aromatic nitrogens is 2. The van der Waals surface area contributed by atoms with Crippen LogP contribution in [0, 0.1) is 19.7 Å². The van der Waals surface area contributed by atoms with Gasteiger partial charge >= 0.3 is 0 Å². The van der Waals surface area contributed by atoms with E-state index in [9.17, 15) is 9.18 Å². The third-order valence-corrected chi connectivity index (χ3v) is 5.71. The van der Waals surface area contributed by atoms with E-state index in [0.717, 1.165) is 35.6 Å². The van der Waals surface area contributed by atoms with E-state index in [1.54, 1.807) is 0 Å². The van der Waals surface area contributed by atoms with Gasteiger partial charge in [-0.05, 0) is 69.5 Å². The molecule has 152 valence electrons. The Hall–Kier alpha value is -2.21. The van der Waals surface area contributed by atoms with Crippen molar-refractivity contribution >= 4 is 5.91 Å². The summed E-state index contributed by atoms with van der Waals surface area (Å²) in [5.41, 5.74) is 4.17. The maximum atomic E-state index is 13.4. The zero-order valence-electron chi connectivity index (χ0n) is 16.9. The fourth-order valence-electron chi connectivity index (χ4n) is 4.03. The summed E-state index contributed by atoms with van der Waals surface area (Å²) < 4.78 is 13.4. The molecule has 1 aromatic heterocycles. The van der Waals surface area contributed by atoms with Crippen LogP contribution in [0.1, 0.15) is 60.7 Å². The SMILES string of the molecule is Cc1n[nH]c(C)c1CCC(=O)NCC(c1ccc(F)cc1)N1CCCCCC1. The molecule has 6 heteroatoms. The minimum Gasteiger partial charge on any atom is -0.354 e. The van der Waals surface area contributed by atoms with Crippen LogP contribution in [0.3, 0.4) is 0 Å². The molecule has 0 spiro atoms. The summed E-state index contributed by atoms with van der Waals surface area (Å²) >= 11 is 0. The lowest BCUT2D eigenvalue weighted by Crippen LogP contribution is -2.38. The Bertz CT molecular complexity index is 744. The standard InChI is InChI=1S/C22H31FN4O/c1-16-20(17(2)26-25-16)11-12-22(28)24-15-21(18-7-9-19(23)10-8-18)27-13-5-3-4-6-14-27/h7-10,21H,3-6,11-15H2,1-2H3,(H,24,28)(H,25,26). The number of benzene rings is 1. The minimum absolute atomic E-state index is 0.0435. The van der Waals surface area contributed by atoms with Gasteiger partial charge in [0.2, 0.25) is 5.91 Å². The molecular weight excluding hydrogens is 355 g/mol. The number of aromatic amines is 1. The maximum absolute atomic E-state index is 13.4. The summed E-state index contributed by atoms with van der Waals surface area (Å²) in [6.07, 6.45) is 5.97. The Morgan fingerprint density at radius 2 is 1.86 bits per heavy atom. The van der Waals surface area contributed by atoms with Crippen LogP contribution in [-0.4, -0.2) is 40.6 Å². The molecule has 1 atom stereocenters. The van der Waals surface area contributed by atoms with Gasteiger partial charge in [0, 0.05) is 18.7 Å². The number of nitrogens with zero attached hydrogens (tertiary/aromatic N) is 2. The average Bonchev–Trinajstić information content (AvgIpc) is 2.88. The van der Waals surface area contributed by atoms with E-state index < -0.39 is 0 Å². The number of carbonyl (C=O) groups is 1. The van der Waals surface area contributed by atoms with Crippen LogP contribution in [0.5, 0.6) is 0 Å². The van der Waals surface area contributed by atoms with Gasteiger partial charge in [-0.1, -0.05) is 25.0 Å². The van der Waals surface area contributed by atoms with Crippen molar-refractivity contribution in [3.8, 4) is 0 Å². The number of likely N-dealkylation sites (tertiary alicyclic amines) is 1. The van der Waals surface area contributed by atoms with Gasteiger partial charge < -0.3 is 5.32 Å². The molecule has 0 saturated carbocycles. The lowest BCUT2D eigenvalue weighted by atomic mass is 10.0. The Kier molecular flexibility index (Phi) is 7.20. The van der Waals surface area contributed by atoms with Gasteiger partial charge in [-0.25, -0.2) is 4.39 Å². The molecule has 5 nitrogen and oxygen atoms in total. The third-order valence-electron chi connectivity index (χ3n) is 5.71. The fourth-order valence-corrected chi connectivity index (χ4v) is 4.03. The molecule has 1 amide bonds. The number of aryl methyl sites for hydroxylation is 2. The average molecular weight is 387 g/mol. The highest BCUT2D eigenvalue weighted by atomic mass is 19.1. The number of nitrogens with one attached hydrogen (secondary N) is 2. The van der Waals surface area contributed by atoms with Gasteiger partial charge in [0.1, 0.15) is 5.82 Å². The van der Waals surface area contributed by atoms with Crippen LogP contribution in [0.2, 0.25) is 0 Å². The van der Waals surface area contributed by atoms with E-state index in [1.807, 2.05) is 26.0 Å². The van der Waals surface area contributed by atoms with Gasteiger partial charge in [-0.2, -0.15) is 5.10 Å². The number of amides is 1. The first kappa shape index (κ1) is 20.5. The molecule has 0 radical (unpaired) electrons. The van der Waals surface area contributed by atoms with Crippen molar-refractivity contribution < 1.29 is 9.18 Å². The Labute approximate surface area is 166 Å². The number of H-pyrrole nitrogens is 1. The number of rotatable bonds is 7. The molecule has 3 rings (SSSR count). The van der Waals surface area contributed by atoms with Crippen molar-refractivity contribution in [2.75, 3.05) is 19.6 Å². The highest BCUT2D eigenvalue weighted by Crippen LogP contribution is 2.24. The van der Waals surface area contributed by atoms with Gasteiger partial charge in [0.15, 0.2) is 0 Å². The molecule has 0 bridgehead atoms. The molecule has 2 N–H and O–H groups in total. The van der Waals surface area contributed by atoms with Crippen LogP contribution in [-0.2, 0) is 11.2 Å². The van der Waals surface area contributed by atoms with Gasteiger partial charge in [0.05, 0.1) is 11.7 Å². The van der Waals surface area contributed by atoms with Crippen molar-refractivity contribution in [3.63, 3.8) is 0 Å². The van der Waals surface area contributed by atoms with Crippen molar-refractivity contribution in [2.24, 2.45) is 0 Å². The van der Waals surface area contributed by atoms with Crippen molar-refractivity contribution in [1.82, 2.24) is 20.4 Å². The largest absolute Gasteiger partial charge is 0.354 e. The Balaban J connectivity index is 1.61. The predicted molar refractivity (Wildman–Crippen MR) is 109 cm³/mol. The molecule has 1 aliphatic heterocycles. The second kappa shape index (κ2) is 9.82. The summed E-state index contributed by atoms with van der Waals surface area (Å²) in [5, 5.41) is 10.3. The summed E-state index contributed by atoms with van der Waals surface area (Å²) in [4.78, 5) is 14.9. The quantitative estimate of drug-likeness (QED) is 0.760. The maximum Gasteiger partial charge on any atom is 0.220 e. The predicted octanol–water partition coefficient (Wildman–Crippen LogP) is 3.83. The molecule has 0 aliphatic carbocycles. The van der Waals surface area contributed by atoms with Crippen LogP contribution < -0.4 is 5.32 Å². The van der Waals surface area contributed by atoms with Crippen molar-refractivity contribution in [2.45, 2.75) is 58.4 Å². The third kappa shape index (κ3) is 5.41. The van der Waals surface area contributed by atoms with Crippen LogP contribution in [0.4, 0.5) is 4.39 Å². The zero-order valence-corrected chi connectivity index (χ0v) is 16.9. The molecule has 1 saturated heterocycles. The molecular formula is C22H31FN4O. The highest BCUT2D eigenvalue weighted by molar-refractivity contribution is 5.76. The number of hydrogen-bond acceptors (Lipinski definition) is 3. The van der Waals surface area contributed by atoms with E-state index >= 15 is 0 Å². The van der Waals surface area contributed by atoms with Gasteiger partial charge in [-0.15, -0.1) is 0 Å². The van der Waals surface area contributed by atoms with Crippen LogP contribution >= 0.6 is 0 Å². The van der Waals surface area contributed by atoms with Crippen molar-refractivity contribution in [3.05, 3.63) is 52.6 Å². The smallest absolute Gasteiger partial charge is 0.220 e. The van der Waals surface area contributed by atoms with Crippen LogP contribution in [0.25, 0.3) is 0 Å². The van der Waals surface area contributed by atoms with Crippen molar-refractivity contribution in [1.29, 1.82) is 0 Å². The van der Waals surface area contributed by atoms with E-state index in [4.69, 9.17) is 0 Å². The lowest BCUT2D eigenvalue weighted by Gasteiger charge is -2.31. The van der Waals surface area contributed by atoms with E-state index in [0.29, 0.717) is 19.4 Å². The Morgan fingerprint density at radius 1 is 1.18 bits per heavy atom. The summed E-state index contributed by atoms with van der Waals surface area (Å²) in [6, 6.07) is 6.78. The molecule has 1 aromatic carbocycles. The lowest BCUT2D eigenvalue weighted by molar-refractivity contribution is -0.121. The molecule has 1 aliphatic rings. The number of carbonyl (C=O) groups excluding carboxylic acids is 1. The topological polar surface area (TPSA) is 61.0 Å². The molecule has 1 fully saturated rings. The van der Waals surface area contributed by atoms with Gasteiger partial charge in [0.25, 0.3) is 0 Å². The van der Waals surface area contributed by atoms with Gasteiger partial charge in [-0.3, -0.25) is 14.8 Å². The first-order valence-corrected chi connectivity index (χ1v) is 10.3. The second-order valence-corrected chi connectivity index (χ2v) is 7.73. The number of hydrogen-bond donors (Lipinski definition) is 2. The van der Waals surface area contributed by atoms with E-state index in [-0.39, 0.29) is 17.8 Å². The molecule has 1 unspecified atom stereocenters. The molecule has 28 heavy (non-hydrogen) atoms.